The van der Waals surface area contributed by atoms with Gasteiger partial charge in [-0.3, -0.25) is 0 Å². The van der Waals surface area contributed by atoms with Crippen molar-refractivity contribution < 1.29 is 18.7 Å². The van der Waals surface area contributed by atoms with Crippen LogP contribution in [0.4, 0.5) is 9.18 Å². The molecule has 0 N–H and O–H groups in total. The predicted octanol–water partition coefficient (Wildman–Crippen LogP) is 7.56. The molecule has 0 aromatic heterocycles. The molecule has 6 nitrogen and oxygen atoms in total. The minimum absolute atomic E-state index is 0.134. The molecule has 1 aliphatic heterocycles. The zero-order chi connectivity index (χ0) is 30.2. The zero-order valence-corrected chi connectivity index (χ0v) is 26.1. The largest absolute Gasteiger partial charge is 0.510 e. The molecule has 3 unspecified atom stereocenters. The molecule has 1 aliphatic carbocycles. The maximum Gasteiger partial charge on any atom is 0.510 e. The van der Waals surface area contributed by atoms with Crippen LogP contribution in [0.3, 0.4) is 0 Å². The lowest BCUT2D eigenvalue weighted by Crippen LogP contribution is -2.55. The Hall–Kier alpha value is -3.36. The third-order valence-corrected chi connectivity index (χ3v) is 9.91. The lowest BCUT2D eigenvalue weighted by atomic mass is 9.72. The molecule has 0 spiro atoms. The number of aliphatic imine (C=N–C) groups is 1. The first-order valence-corrected chi connectivity index (χ1v) is 16.2. The van der Waals surface area contributed by atoms with Crippen molar-refractivity contribution in [2.24, 2.45) is 16.8 Å². The summed E-state index contributed by atoms with van der Waals surface area (Å²) in [5.74, 6) is 1.75. The van der Waals surface area contributed by atoms with Gasteiger partial charge in [0.05, 0.1) is 25.2 Å². The van der Waals surface area contributed by atoms with E-state index in [1.165, 1.54) is 24.3 Å². The maximum atomic E-state index is 14.2. The van der Waals surface area contributed by atoms with Crippen molar-refractivity contribution >= 4 is 24.3 Å². The molecule has 3 aromatic rings. The molecule has 0 bridgehead atoms. The molecule has 0 radical (unpaired) electrons. The van der Waals surface area contributed by atoms with Gasteiger partial charge in [0.2, 0.25) is 5.72 Å². The number of methoxy groups -OCH3 is 1. The van der Waals surface area contributed by atoms with Gasteiger partial charge in [-0.15, -0.1) is 0 Å². The molecular formula is C35H42FN3O3S. The van der Waals surface area contributed by atoms with Gasteiger partial charge in [-0.2, -0.15) is 11.8 Å². The van der Waals surface area contributed by atoms with Crippen molar-refractivity contribution in [2.45, 2.75) is 55.8 Å². The van der Waals surface area contributed by atoms with Crippen LogP contribution >= 0.6 is 11.8 Å². The number of halogens is 1. The van der Waals surface area contributed by atoms with Crippen molar-refractivity contribution in [1.82, 2.24) is 9.80 Å². The predicted molar refractivity (Wildman–Crippen MR) is 171 cm³/mol. The Morgan fingerprint density at radius 1 is 1.00 bits per heavy atom. The van der Waals surface area contributed by atoms with Gasteiger partial charge in [-0.1, -0.05) is 72.8 Å². The lowest BCUT2D eigenvalue weighted by molar-refractivity contribution is -0.0590. The fourth-order valence-electron chi connectivity index (χ4n) is 6.92. The molecule has 3 atom stereocenters. The second-order valence-corrected chi connectivity index (χ2v) is 12.9. The van der Waals surface area contributed by atoms with Gasteiger partial charge in [-0.25, -0.2) is 14.2 Å². The van der Waals surface area contributed by atoms with Crippen molar-refractivity contribution in [3.63, 3.8) is 0 Å². The van der Waals surface area contributed by atoms with Crippen LogP contribution in [0.15, 0.2) is 89.9 Å². The number of nitrogens with zero attached hydrogens (tertiary/aromatic N) is 3. The first-order chi connectivity index (χ1) is 20.9. The van der Waals surface area contributed by atoms with Crippen LogP contribution in [0.1, 0.15) is 48.4 Å². The minimum atomic E-state index is -1.07. The van der Waals surface area contributed by atoms with Gasteiger partial charge in [-0.05, 0) is 80.4 Å². The van der Waals surface area contributed by atoms with E-state index in [1.54, 1.807) is 23.9 Å². The highest BCUT2D eigenvalue weighted by atomic mass is 32.2. The average Bonchev–Trinajstić information content (AvgIpc) is 3.35. The summed E-state index contributed by atoms with van der Waals surface area (Å²) in [7, 11) is 5.50. The van der Waals surface area contributed by atoms with Crippen molar-refractivity contribution in [3.8, 4) is 0 Å². The normalized spacial score (nSPS) is 24.2. The first kappa shape index (κ1) is 31.1. The SMILES string of the molecule is COC(=O)OC1(CSCc2ccccc2)N=CN(Cc2ccccc2)C1C1CCC(C(c2cccc(F)c2)N(C)C)CC1. The molecular weight excluding hydrogens is 561 g/mol. The van der Waals surface area contributed by atoms with E-state index < -0.39 is 11.9 Å². The van der Waals surface area contributed by atoms with Gasteiger partial charge in [0, 0.05) is 18.3 Å². The van der Waals surface area contributed by atoms with E-state index in [1.807, 2.05) is 48.8 Å². The molecule has 5 rings (SSSR count). The summed E-state index contributed by atoms with van der Waals surface area (Å²) in [5, 5.41) is 0. The van der Waals surface area contributed by atoms with E-state index in [0.717, 1.165) is 37.0 Å². The van der Waals surface area contributed by atoms with E-state index in [-0.39, 0.29) is 23.8 Å². The minimum Gasteiger partial charge on any atom is -0.438 e. The van der Waals surface area contributed by atoms with E-state index in [4.69, 9.17) is 14.5 Å². The van der Waals surface area contributed by atoms with E-state index in [9.17, 15) is 9.18 Å². The van der Waals surface area contributed by atoms with E-state index >= 15 is 0 Å². The quantitative estimate of drug-likeness (QED) is 0.211. The van der Waals surface area contributed by atoms with Crippen molar-refractivity contribution in [2.75, 3.05) is 27.0 Å². The summed E-state index contributed by atoms with van der Waals surface area (Å²) in [6, 6.07) is 27.7. The van der Waals surface area contributed by atoms with Crippen LogP contribution in [0.25, 0.3) is 0 Å². The molecule has 0 amide bonds. The molecule has 2 aliphatic rings. The third kappa shape index (κ3) is 7.60. The van der Waals surface area contributed by atoms with Crippen LogP contribution in [-0.4, -0.2) is 61.0 Å². The number of hydrogen-bond acceptors (Lipinski definition) is 7. The number of rotatable bonds is 11. The molecule has 1 heterocycles. The van der Waals surface area contributed by atoms with Crippen LogP contribution < -0.4 is 0 Å². The Morgan fingerprint density at radius 2 is 1.67 bits per heavy atom. The molecule has 228 valence electrons. The van der Waals surface area contributed by atoms with E-state index in [2.05, 4.69) is 48.2 Å². The third-order valence-electron chi connectivity index (χ3n) is 8.76. The highest BCUT2D eigenvalue weighted by Gasteiger charge is 2.53. The summed E-state index contributed by atoms with van der Waals surface area (Å²) >= 11 is 1.72. The average molecular weight is 604 g/mol. The Labute approximate surface area is 259 Å². The Kier molecular flexibility index (Phi) is 10.4. The molecule has 8 heteroatoms. The fraction of sp³-hybridized carbons (Fsp3) is 0.429. The van der Waals surface area contributed by atoms with Gasteiger partial charge in [0.15, 0.2) is 0 Å². The van der Waals surface area contributed by atoms with Crippen molar-refractivity contribution in [1.29, 1.82) is 0 Å². The van der Waals surface area contributed by atoms with Gasteiger partial charge >= 0.3 is 6.16 Å². The number of carbonyl (C=O) groups is 1. The Morgan fingerprint density at radius 3 is 2.30 bits per heavy atom. The smallest absolute Gasteiger partial charge is 0.438 e. The Balaban J connectivity index is 1.39. The monoisotopic (exact) mass is 603 g/mol. The highest BCUT2D eigenvalue weighted by molar-refractivity contribution is 7.98. The number of carbonyl (C=O) groups excluding carboxylic acids is 1. The van der Waals surface area contributed by atoms with Crippen LogP contribution in [0, 0.1) is 17.7 Å². The fourth-order valence-corrected chi connectivity index (χ4v) is 8.05. The molecule has 43 heavy (non-hydrogen) atoms. The maximum absolute atomic E-state index is 14.2. The number of thioether (sulfide) groups is 1. The standard InChI is InChI=1S/C35H42FN3O3S/c1-38(2)32(30-15-10-16-31(36)21-30)28-17-19-29(20-18-28)33-35(42-34(40)41-3,24-43-23-27-13-8-5-9-14-27)37-25-39(33)22-26-11-6-4-7-12-26/h4-16,21,25,28-29,32-33H,17-20,22-24H2,1-3H3. The number of benzene rings is 3. The summed E-state index contributed by atoms with van der Waals surface area (Å²) in [6.45, 7) is 0.675. The summed E-state index contributed by atoms with van der Waals surface area (Å²) in [4.78, 5) is 22.2. The summed E-state index contributed by atoms with van der Waals surface area (Å²) < 4.78 is 25.4. The second kappa shape index (κ2) is 14.4. The summed E-state index contributed by atoms with van der Waals surface area (Å²) in [6.07, 6.45) is 5.07. The van der Waals surface area contributed by atoms with Crippen molar-refractivity contribution in [3.05, 3.63) is 107 Å². The molecule has 0 saturated heterocycles. The molecule has 1 fully saturated rings. The van der Waals surface area contributed by atoms with Gasteiger partial charge in [0.1, 0.15) is 5.82 Å². The van der Waals surface area contributed by atoms with E-state index in [0.29, 0.717) is 18.2 Å². The number of hydrogen-bond donors (Lipinski definition) is 0. The first-order valence-electron chi connectivity index (χ1n) is 15.0. The Bertz CT molecular complexity index is 1350. The van der Waals surface area contributed by atoms with Crippen LogP contribution in [0.2, 0.25) is 0 Å². The molecule has 1 saturated carbocycles. The molecule has 3 aromatic carbocycles. The lowest BCUT2D eigenvalue weighted by Gasteiger charge is -2.44. The van der Waals surface area contributed by atoms with Gasteiger partial charge in [0.25, 0.3) is 0 Å². The zero-order valence-electron chi connectivity index (χ0n) is 25.3. The number of ether oxygens (including phenoxy) is 2. The topological polar surface area (TPSA) is 54.4 Å². The van der Waals surface area contributed by atoms with Crippen LogP contribution in [0.5, 0.6) is 0 Å². The van der Waals surface area contributed by atoms with Crippen LogP contribution in [-0.2, 0) is 21.8 Å². The summed E-state index contributed by atoms with van der Waals surface area (Å²) in [5.41, 5.74) is 2.34. The highest BCUT2D eigenvalue weighted by Crippen LogP contribution is 2.46. The second-order valence-electron chi connectivity index (χ2n) is 11.9. The van der Waals surface area contributed by atoms with Gasteiger partial charge < -0.3 is 19.3 Å².